The number of nitrogens with zero attached hydrogens (tertiary/aromatic N) is 2. The Bertz CT molecular complexity index is 594. The Morgan fingerprint density at radius 2 is 2.21 bits per heavy atom. The van der Waals surface area contributed by atoms with Crippen LogP contribution in [0.3, 0.4) is 0 Å². The Balaban J connectivity index is 2.35. The molecule has 2 aromatic rings. The lowest BCUT2D eigenvalue weighted by Crippen LogP contribution is -2.12. The second-order valence-electron chi connectivity index (χ2n) is 3.68. The fraction of sp³-hybridized carbons (Fsp3) is 0.167. The van der Waals surface area contributed by atoms with E-state index in [9.17, 15) is 4.39 Å². The molecule has 0 fully saturated rings. The van der Waals surface area contributed by atoms with Gasteiger partial charge in [-0.3, -0.25) is 0 Å². The third-order valence-corrected chi connectivity index (χ3v) is 2.81. The van der Waals surface area contributed by atoms with Crippen LogP contribution in [0.25, 0.3) is 0 Å². The maximum Gasteiger partial charge on any atom is 0.227 e. The highest BCUT2D eigenvalue weighted by Gasteiger charge is 2.12. The molecular weight excluding hydrogens is 271 g/mol. The van der Waals surface area contributed by atoms with Gasteiger partial charge in [-0.05, 0) is 18.6 Å². The van der Waals surface area contributed by atoms with E-state index in [0.29, 0.717) is 29.4 Å². The van der Waals surface area contributed by atoms with Crippen molar-refractivity contribution in [2.75, 3.05) is 5.43 Å². The van der Waals surface area contributed by atoms with E-state index in [-0.39, 0.29) is 5.02 Å². The van der Waals surface area contributed by atoms with Crippen LogP contribution in [0.15, 0.2) is 24.5 Å². The molecule has 0 aliphatic heterocycles. The molecule has 0 unspecified atom stereocenters. The average molecular weight is 283 g/mol. The molecule has 0 saturated carbocycles. The molecule has 1 heterocycles. The van der Waals surface area contributed by atoms with E-state index in [1.807, 2.05) is 6.92 Å². The Morgan fingerprint density at radius 3 is 2.84 bits per heavy atom. The van der Waals surface area contributed by atoms with E-state index in [1.54, 1.807) is 6.07 Å². The van der Waals surface area contributed by atoms with Crippen LogP contribution in [0.2, 0.25) is 5.02 Å². The lowest BCUT2D eigenvalue weighted by atomic mass is 10.2. The highest BCUT2D eigenvalue weighted by atomic mass is 35.5. The third kappa shape index (κ3) is 2.91. The van der Waals surface area contributed by atoms with Gasteiger partial charge in [0.2, 0.25) is 5.88 Å². The molecule has 0 bridgehead atoms. The molecule has 0 atom stereocenters. The first-order valence-electron chi connectivity index (χ1n) is 5.59. The Hall–Kier alpha value is -1.92. The van der Waals surface area contributed by atoms with Gasteiger partial charge < -0.3 is 10.2 Å². The van der Waals surface area contributed by atoms with Crippen LogP contribution in [0.4, 0.5) is 10.2 Å². The summed E-state index contributed by atoms with van der Waals surface area (Å²) in [5, 5.41) is 0.0371. The van der Waals surface area contributed by atoms with Gasteiger partial charge in [0, 0.05) is 6.07 Å². The molecule has 0 aliphatic carbocycles. The number of nitrogens with two attached hydrogens (primary N) is 1. The summed E-state index contributed by atoms with van der Waals surface area (Å²) in [5.74, 6) is 5.91. The second-order valence-corrected chi connectivity index (χ2v) is 4.09. The van der Waals surface area contributed by atoms with Gasteiger partial charge in [0.05, 0.1) is 10.6 Å². The largest absolute Gasteiger partial charge is 0.438 e. The number of anilines is 1. The molecule has 7 heteroatoms. The number of ether oxygens (including phenoxy) is 1. The molecule has 1 aromatic heterocycles. The van der Waals surface area contributed by atoms with Crippen molar-refractivity contribution < 1.29 is 9.13 Å². The maximum atomic E-state index is 13.3. The molecule has 0 radical (unpaired) electrons. The number of benzene rings is 1. The van der Waals surface area contributed by atoms with Crippen LogP contribution in [-0.4, -0.2) is 9.97 Å². The molecular formula is C12H12ClFN4O. The predicted octanol–water partition coefficient (Wildman–Crippen LogP) is 2.91. The Kier molecular flexibility index (Phi) is 4.13. The van der Waals surface area contributed by atoms with Crippen molar-refractivity contribution >= 4 is 17.4 Å². The van der Waals surface area contributed by atoms with Crippen molar-refractivity contribution in [1.82, 2.24) is 9.97 Å². The maximum absolute atomic E-state index is 13.3. The first-order valence-corrected chi connectivity index (χ1v) is 5.97. The minimum atomic E-state index is -0.552. The predicted molar refractivity (Wildman–Crippen MR) is 70.7 cm³/mol. The topological polar surface area (TPSA) is 73.1 Å². The molecule has 3 N–H and O–H groups in total. The van der Waals surface area contributed by atoms with Gasteiger partial charge in [-0.2, -0.15) is 0 Å². The third-order valence-electron chi connectivity index (χ3n) is 2.50. The SMILES string of the molecule is CCc1c(NN)ncnc1Oc1ccc(Cl)c(F)c1. The van der Waals surface area contributed by atoms with Crippen molar-refractivity contribution in [2.45, 2.75) is 13.3 Å². The number of hydrazine groups is 1. The minimum Gasteiger partial charge on any atom is -0.438 e. The van der Waals surface area contributed by atoms with Crippen LogP contribution >= 0.6 is 11.6 Å². The summed E-state index contributed by atoms with van der Waals surface area (Å²) in [4.78, 5) is 8.00. The van der Waals surface area contributed by atoms with E-state index >= 15 is 0 Å². The zero-order valence-corrected chi connectivity index (χ0v) is 10.9. The summed E-state index contributed by atoms with van der Waals surface area (Å²) in [6.45, 7) is 1.91. The van der Waals surface area contributed by atoms with E-state index in [0.717, 1.165) is 0 Å². The van der Waals surface area contributed by atoms with Gasteiger partial charge in [0.25, 0.3) is 0 Å². The monoisotopic (exact) mass is 282 g/mol. The molecule has 0 amide bonds. The average Bonchev–Trinajstić information content (AvgIpc) is 2.42. The quantitative estimate of drug-likeness (QED) is 0.666. The molecule has 0 aliphatic rings. The molecule has 100 valence electrons. The lowest BCUT2D eigenvalue weighted by Gasteiger charge is -2.11. The Labute approximate surface area is 114 Å². The van der Waals surface area contributed by atoms with Crippen molar-refractivity contribution in [3.8, 4) is 11.6 Å². The standard InChI is InChI=1S/C12H12ClFN4O/c1-2-8-11(18-15)16-6-17-12(8)19-7-3-4-9(13)10(14)5-7/h3-6H,2,15H2,1H3,(H,16,17,18). The van der Waals surface area contributed by atoms with Crippen molar-refractivity contribution in [1.29, 1.82) is 0 Å². The number of hydrogen-bond donors (Lipinski definition) is 2. The fourth-order valence-electron chi connectivity index (χ4n) is 1.58. The van der Waals surface area contributed by atoms with Gasteiger partial charge in [-0.25, -0.2) is 20.2 Å². The van der Waals surface area contributed by atoms with Crippen LogP contribution in [0, 0.1) is 5.82 Å². The normalized spacial score (nSPS) is 10.3. The summed E-state index contributed by atoms with van der Waals surface area (Å²) in [6, 6.07) is 4.17. The highest BCUT2D eigenvalue weighted by molar-refractivity contribution is 6.30. The molecule has 0 saturated heterocycles. The highest BCUT2D eigenvalue weighted by Crippen LogP contribution is 2.28. The lowest BCUT2D eigenvalue weighted by molar-refractivity contribution is 0.451. The van der Waals surface area contributed by atoms with E-state index < -0.39 is 5.82 Å². The van der Waals surface area contributed by atoms with Crippen LogP contribution in [0.5, 0.6) is 11.6 Å². The number of hydrogen-bond acceptors (Lipinski definition) is 5. The molecule has 1 aromatic carbocycles. The van der Waals surface area contributed by atoms with E-state index in [4.69, 9.17) is 22.2 Å². The number of rotatable bonds is 4. The van der Waals surface area contributed by atoms with Crippen LogP contribution < -0.4 is 16.0 Å². The smallest absolute Gasteiger partial charge is 0.227 e. The molecule has 5 nitrogen and oxygen atoms in total. The second kappa shape index (κ2) is 5.81. The summed E-state index contributed by atoms with van der Waals surface area (Å²) < 4.78 is 18.9. The zero-order valence-electron chi connectivity index (χ0n) is 10.2. The number of halogens is 2. The van der Waals surface area contributed by atoms with Gasteiger partial charge >= 0.3 is 0 Å². The van der Waals surface area contributed by atoms with Gasteiger partial charge in [-0.1, -0.05) is 18.5 Å². The van der Waals surface area contributed by atoms with Crippen molar-refractivity contribution in [3.05, 3.63) is 40.9 Å². The zero-order chi connectivity index (χ0) is 13.8. The summed E-state index contributed by atoms with van der Waals surface area (Å²) in [6.07, 6.45) is 1.93. The van der Waals surface area contributed by atoms with Crippen molar-refractivity contribution in [2.24, 2.45) is 5.84 Å². The summed E-state index contributed by atoms with van der Waals surface area (Å²) >= 11 is 5.61. The summed E-state index contributed by atoms with van der Waals surface area (Å²) in [5.41, 5.74) is 3.18. The number of aromatic nitrogens is 2. The van der Waals surface area contributed by atoms with E-state index in [2.05, 4.69) is 15.4 Å². The summed E-state index contributed by atoms with van der Waals surface area (Å²) in [7, 11) is 0. The van der Waals surface area contributed by atoms with Crippen LogP contribution in [-0.2, 0) is 6.42 Å². The van der Waals surface area contributed by atoms with Gasteiger partial charge in [0.1, 0.15) is 23.7 Å². The van der Waals surface area contributed by atoms with Gasteiger partial charge in [-0.15, -0.1) is 0 Å². The number of nitrogens with one attached hydrogen (secondary N) is 1. The molecule has 2 rings (SSSR count). The number of nitrogen functional groups attached to an aromatic ring is 1. The first-order chi connectivity index (χ1) is 9.15. The minimum absolute atomic E-state index is 0.0371. The molecule has 0 spiro atoms. The van der Waals surface area contributed by atoms with Crippen LogP contribution in [0.1, 0.15) is 12.5 Å². The van der Waals surface area contributed by atoms with Gasteiger partial charge in [0.15, 0.2) is 0 Å². The Morgan fingerprint density at radius 1 is 1.42 bits per heavy atom. The molecule has 19 heavy (non-hydrogen) atoms. The van der Waals surface area contributed by atoms with Crippen molar-refractivity contribution in [3.63, 3.8) is 0 Å². The van der Waals surface area contributed by atoms with E-state index in [1.165, 1.54) is 18.5 Å². The fourth-order valence-corrected chi connectivity index (χ4v) is 1.70. The first kappa shape index (κ1) is 13.5.